The van der Waals surface area contributed by atoms with Crippen molar-refractivity contribution < 1.29 is 4.79 Å². The van der Waals surface area contributed by atoms with E-state index in [0.29, 0.717) is 12.2 Å². The number of nitrogens with zero attached hydrogens (tertiary/aromatic N) is 2. The summed E-state index contributed by atoms with van der Waals surface area (Å²) in [5, 5.41) is 6.19. The van der Waals surface area contributed by atoms with E-state index in [4.69, 9.17) is 0 Å². The highest BCUT2D eigenvalue weighted by Crippen LogP contribution is 2.18. The molecule has 5 nitrogen and oxygen atoms in total. The summed E-state index contributed by atoms with van der Waals surface area (Å²) in [6.07, 6.45) is 5.05. The lowest BCUT2D eigenvalue weighted by molar-refractivity contribution is 0.0949. The van der Waals surface area contributed by atoms with Crippen LogP contribution >= 0.6 is 11.7 Å². The molecule has 2 rings (SSSR count). The number of rotatable bonds is 6. The predicted molar refractivity (Wildman–Crippen MR) is 57.9 cm³/mol. The quantitative estimate of drug-likeness (QED) is 0.689. The first kappa shape index (κ1) is 10.5. The van der Waals surface area contributed by atoms with Crippen molar-refractivity contribution in [3.05, 3.63) is 11.9 Å². The highest BCUT2D eigenvalue weighted by atomic mass is 32.1. The van der Waals surface area contributed by atoms with Crippen molar-refractivity contribution in [3.8, 4) is 0 Å². The molecule has 0 bridgehead atoms. The van der Waals surface area contributed by atoms with Gasteiger partial charge in [0.25, 0.3) is 5.91 Å². The third-order valence-electron chi connectivity index (χ3n) is 2.24. The van der Waals surface area contributed by atoms with Crippen molar-refractivity contribution in [2.45, 2.75) is 25.3 Å². The number of hydrogen-bond acceptors (Lipinski definition) is 5. The van der Waals surface area contributed by atoms with Gasteiger partial charge in [-0.3, -0.25) is 4.79 Å². The van der Waals surface area contributed by atoms with E-state index < -0.39 is 0 Å². The Balaban J connectivity index is 1.55. The highest BCUT2D eigenvalue weighted by Gasteiger charge is 2.19. The molecule has 0 saturated heterocycles. The van der Waals surface area contributed by atoms with Gasteiger partial charge in [0.05, 0.1) is 17.9 Å². The number of carbonyl (C=O) groups is 1. The molecule has 1 aliphatic rings. The fourth-order valence-electron chi connectivity index (χ4n) is 1.24. The van der Waals surface area contributed by atoms with Gasteiger partial charge in [-0.15, -0.1) is 0 Å². The van der Waals surface area contributed by atoms with E-state index in [1.54, 1.807) is 0 Å². The Hall–Kier alpha value is -1.01. The second-order valence-electron chi connectivity index (χ2n) is 3.63. The Kier molecular flexibility index (Phi) is 3.63. The molecule has 0 atom stereocenters. The zero-order valence-corrected chi connectivity index (χ0v) is 9.22. The highest BCUT2D eigenvalue weighted by molar-refractivity contribution is 6.99. The largest absolute Gasteiger partial charge is 0.351 e. The third-order valence-corrected chi connectivity index (χ3v) is 2.72. The van der Waals surface area contributed by atoms with Crippen molar-refractivity contribution >= 4 is 17.6 Å². The average molecular weight is 226 g/mol. The second-order valence-corrected chi connectivity index (χ2v) is 4.19. The van der Waals surface area contributed by atoms with Crippen LogP contribution in [-0.4, -0.2) is 33.8 Å². The van der Waals surface area contributed by atoms with Gasteiger partial charge in [0.2, 0.25) is 0 Å². The first-order valence-corrected chi connectivity index (χ1v) is 5.88. The van der Waals surface area contributed by atoms with E-state index in [1.165, 1.54) is 19.0 Å². The molecule has 0 radical (unpaired) electrons. The van der Waals surface area contributed by atoms with Gasteiger partial charge in [-0.25, -0.2) is 0 Å². The Morgan fingerprint density at radius 1 is 1.53 bits per heavy atom. The maximum atomic E-state index is 11.4. The second kappa shape index (κ2) is 5.18. The van der Waals surface area contributed by atoms with Gasteiger partial charge in [0.15, 0.2) is 5.69 Å². The number of carbonyl (C=O) groups excluding carboxylic acids is 1. The summed E-state index contributed by atoms with van der Waals surface area (Å²) in [5.74, 6) is -0.129. The van der Waals surface area contributed by atoms with Crippen LogP contribution in [0.2, 0.25) is 0 Å². The molecular weight excluding hydrogens is 212 g/mol. The van der Waals surface area contributed by atoms with Crippen molar-refractivity contribution in [1.82, 2.24) is 19.4 Å². The first-order chi connectivity index (χ1) is 7.36. The fraction of sp³-hybridized carbons (Fsp3) is 0.667. The molecule has 15 heavy (non-hydrogen) atoms. The molecule has 0 aliphatic heterocycles. The minimum atomic E-state index is -0.129. The lowest BCUT2D eigenvalue weighted by Crippen LogP contribution is -2.28. The first-order valence-electron chi connectivity index (χ1n) is 5.15. The van der Waals surface area contributed by atoms with Crippen LogP contribution in [0.4, 0.5) is 0 Å². The fourth-order valence-corrected chi connectivity index (χ4v) is 1.65. The standard InChI is InChI=1S/C9H14N4OS/c14-9(8-6-12-15-13-8)11-5-1-4-10-7-2-3-7/h6-7,10H,1-5H2,(H,11,14). The van der Waals surface area contributed by atoms with Crippen molar-refractivity contribution in [2.75, 3.05) is 13.1 Å². The summed E-state index contributed by atoms with van der Waals surface area (Å²) in [4.78, 5) is 11.4. The minimum absolute atomic E-state index is 0.129. The molecule has 1 aromatic rings. The predicted octanol–water partition coefficient (Wildman–Crippen LogP) is 0.410. The van der Waals surface area contributed by atoms with Gasteiger partial charge < -0.3 is 10.6 Å². The zero-order valence-electron chi connectivity index (χ0n) is 8.40. The van der Waals surface area contributed by atoms with Crippen LogP contribution in [0.15, 0.2) is 6.20 Å². The van der Waals surface area contributed by atoms with Gasteiger partial charge in [-0.05, 0) is 25.8 Å². The number of amides is 1. The molecule has 0 unspecified atom stereocenters. The van der Waals surface area contributed by atoms with Crippen LogP contribution in [0, 0.1) is 0 Å². The molecular formula is C9H14N4OS. The molecule has 1 amide bonds. The maximum absolute atomic E-state index is 11.4. The van der Waals surface area contributed by atoms with E-state index in [9.17, 15) is 4.79 Å². The number of hydrogen-bond donors (Lipinski definition) is 2. The normalized spacial score (nSPS) is 15.2. The minimum Gasteiger partial charge on any atom is -0.351 e. The average Bonchev–Trinajstić information content (AvgIpc) is 2.90. The summed E-state index contributed by atoms with van der Waals surface area (Å²) in [6.45, 7) is 1.66. The van der Waals surface area contributed by atoms with Crippen molar-refractivity contribution in [2.24, 2.45) is 0 Å². The van der Waals surface area contributed by atoms with Gasteiger partial charge in [-0.2, -0.15) is 8.75 Å². The van der Waals surface area contributed by atoms with Gasteiger partial charge in [0, 0.05) is 12.6 Å². The molecule has 1 aromatic heterocycles. The van der Waals surface area contributed by atoms with Crippen LogP contribution in [-0.2, 0) is 0 Å². The van der Waals surface area contributed by atoms with E-state index in [2.05, 4.69) is 19.4 Å². The number of aromatic nitrogens is 2. The van der Waals surface area contributed by atoms with Crippen LogP contribution in [0.25, 0.3) is 0 Å². The molecule has 82 valence electrons. The monoisotopic (exact) mass is 226 g/mol. The maximum Gasteiger partial charge on any atom is 0.272 e. The van der Waals surface area contributed by atoms with Crippen LogP contribution in [0.1, 0.15) is 29.8 Å². The van der Waals surface area contributed by atoms with Gasteiger partial charge >= 0.3 is 0 Å². The molecule has 1 fully saturated rings. The summed E-state index contributed by atoms with van der Waals surface area (Å²) < 4.78 is 7.63. The lowest BCUT2D eigenvalue weighted by Gasteiger charge is -2.03. The van der Waals surface area contributed by atoms with E-state index >= 15 is 0 Å². The SMILES string of the molecule is O=C(NCCCNC1CC1)c1cnsn1. The van der Waals surface area contributed by atoms with Crippen molar-refractivity contribution in [1.29, 1.82) is 0 Å². The van der Waals surface area contributed by atoms with Crippen LogP contribution in [0.5, 0.6) is 0 Å². The topological polar surface area (TPSA) is 66.9 Å². The molecule has 0 aromatic carbocycles. The molecule has 1 saturated carbocycles. The lowest BCUT2D eigenvalue weighted by atomic mass is 10.4. The van der Waals surface area contributed by atoms with E-state index in [-0.39, 0.29) is 5.91 Å². The molecule has 6 heteroatoms. The molecule has 0 spiro atoms. The Bertz CT molecular complexity index is 310. The van der Waals surface area contributed by atoms with E-state index in [1.807, 2.05) is 0 Å². The molecule has 2 N–H and O–H groups in total. The van der Waals surface area contributed by atoms with Crippen LogP contribution in [0.3, 0.4) is 0 Å². The molecule has 1 aliphatic carbocycles. The summed E-state index contributed by atoms with van der Waals surface area (Å²) >= 11 is 1.05. The Labute approximate surface area is 92.6 Å². The third kappa shape index (κ3) is 3.56. The molecule has 1 heterocycles. The zero-order chi connectivity index (χ0) is 10.5. The van der Waals surface area contributed by atoms with Crippen LogP contribution < -0.4 is 10.6 Å². The van der Waals surface area contributed by atoms with Crippen molar-refractivity contribution in [3.63, 3.8) is 0 Å². The summed E-state index contributed by atoms with van der Waals surface area (Å²) in [6, 6.07) is 0.739. The van der Waals surface area contributed by atoms with Gasteiger partial charge in [0.1, 0.15) is 0 Å². The summed E-state index contributed by atoms with van der Waals surface area (Å²) in [5.41, 5.74) is 0.412. The Morgan fingerprint density at radius 3 is 3.07 bits per heavy atom. The van der Waals surface area contributed by atoms with E-state index in [0.717, 1.165) is 30.7 Å². The van der Waals surface area contributed by atoms with Gasteiger partial charge in [-0.1, -0.05) is 0 Å². The summed E-state index contributed by atoms with van der Waals surface area (Å²) in [7, 11) is 0. The smallest absolute Gasteiger partial charge is 0.272 e. The number of nitrogens with one attached hydrogen (secondary N) is 2. The Morgan fingerprint density at radius 2 is 2.40 bits per heavy atom.